The van der Waals surface area contributed by atoms with Crippen molar-refractivity contribution in [3.05, 3.63) is 45.4 Å². The number of rotatable bonds is 4. The molecule has 1 atom stereocenters. The quantitative estimate of drug-likeness (QED) is 0.817. The summed E-state index contributed by atoms with van der Waals surface area (Å²) in [7, 11) is 0. The van der Waals surface area contributed by atoms with E-state index in [0.717, 1.165) is 23.5 Å². The first kappa shape index (κ1) is 17.9. The van der Waals surface area contributed by atoms with E-state index in [4.69, 9.17) is 11.6 Å². The molecule has 5 nitrogen and oxygen atoms in total. The van der Waals surface area contributed by atoms with Crippen molar-refractivity contribution in [2.45, 2.75) is 32.7 Å². The number of carbonyl (C=O) groups is 2. The van der Waals surface area contributed by atoms with Crippen molar-refractivity contribution < 1.29 is 9.59 Å². The number of aromatic nitrogens is 1. The third-order valence-electron chi connectivity index (χ3n) is 4.20. The Hall–Kier alpha value is -1.92. The van der Waals surface area contributed by atoms with Gasteiger partial charge in [0.1, 0.15) is 12.2 Å². The van der Waals surface area contributed by atoms with E-state index < -0.39 is 0 Å². The molecule has 1 aromatic heterocycles. The monoisotopic (exact) mass is 377 g/mol. The van der Waals surface area contributed by atoms with E-state index in [-0.39, 0.29) is 24.4 Å². The third kappa shape index (κ3) is 3.85. The van der Waals surface area contributed by atoms with Crippen LogP contribution in [0.2, 0.25) is 5.02 Å². The minimum Gasteiger partial charge on any atom is -0.323 e. The summed E-state index contributed by atoms with van der Waals surface area (Å²) in [6.45, 7) is 4.52. The number of amides is 2. The Bertz CT molecular complexity index is 792. The molecule has 0 unspecified atom stereocenters. The summed E-state index contributed by atoms with van der Waals surface area (Å²) in [6.07, 6.45) is 1.86. The number of anilines is 1. The maximum atomic E-state index is 12.7. The molecule has 0 bridgehead atoms. The highest BCUT2D eigenvalue weighted by Crippen LogP contribution is 2.24. The zero-order valence-corrected chi connectivity index (χ0v) is 15.8. The molecule has 3 rings (SSSR count). The first-order valence-electron chi connectivity index (χ1n) is 8.31. The number of hydrogen-bond donors (Lipinski definition) is 0. The van der Waals surface area contributed by atoms with E-state index in [0.29, 0.717) is 17.3 Å². The zero-order valence-electron chi connectivity index (χ0n) is 14.2. The van der Waals surface area contributed by atoms with E-state index in [9.17, 15) is 9.59 Å². The normalized spacial score (nSPS) is 17.9. The number of halogens is 1. The highest BCUT2D eigenvalue weighted by atomic mass is 35.5. The van der Waals surface area contributed by atoms with E-state index in [2.05, 4.69) is 11.9 Å². The summed E-state index contributed by atoms with van der Waals surface area (Å²) in [4.78, 5) is 33.0. The molecule has 0 N–H and O–H groups in total. The first-order valence-corrected chi connectivity index (χ1v) is 9.56. The standard InChI is InChI=1S/C18H20ClN3O2S/c1-3-5-16-20-15(11-25-16)18(24)21-10-17(23)22(9-12(21)2)14-7-4-6-13(19)8-14/h4,6-8,11-12H,3,5,9-10H2,1-2H3/t12-/m0/s1. The Morgan fingerprint density at radius 2 is 2.24 bits per heavy atom. The molecule has 25 heavy (non-hydrogen) atoms. The molecule has 1 aliphatic heterocycles. The molecule has 1 aromatic carbocycles. The summed E-state index contributed by atoms with van der Waals surface area (Å²) in [5.74, 6) is -0.289. The lowest BCUT2D eigenvalue weighted by Crippen LogP contribution is -2.57. The molecule has 7 heteroatoms. The molecule has 132 valence electrons. The van der Waals surface area contributed by atoms with Crippen LogP contribution >= 0.6 is 22.9 Å². The van der Waals surface area contributed by atoms with Gasteiger partial charge in [0.2, 0.25) is 5.91 Å². The Labute approximate surface area is 156 Å². The average molecular weight is 378 g/mol. The lowest BCUT2D eigenvalue weighted by Gasteiger charge is -2.39. The second-order valence-electron chi connectivity index (χ2n) is 6.14. The van der Waals surface area contributed by atoms with Crippen LogP contribution < -0.4 is 4.90 Å². The second-order valence-corrected chi connectivity index (χ2v) is 7.52. The maximum Gasteiger partial charge on any atom is 0.274 e. The van der Waals surface area contributed by atoms with Gasteiger partial charge in [-0.05, 0) is 38.0 Å². The highest BCUT2D eigenvalue weighted by molar-refractivity contribution is 7.09. The van der Waals surface area contributed by atoms with Crippen molar-refractivity contribution in [3.63, 3.8) is 0 Å². The van der Waals surface area contributed by atoms with Gasteiger partial charge < -0.3 is 9.80 Å². The molecule has 0 saturated carbocycles. The van der Waals surface area contributed by atoms with Crippen LogP contribution in [0.15, 0.2) is 29.6 Å². The fraction of sp³-hybridized carbons (Fsp3) is 0.389. The molecule has 2 aromatic rings. The van der Waals surface area contributed by atoms with Crippen LogP contribution in [0.4, 0.5) is 5.69 Å². The van der Waals surface area contributed by atoms with Crippen LogP contribution in [-0.2, 0) is 11.2 Å². The fourth-order valence-electron chi connectivity index (χ4n) is 2.90. The fourth-order valence-corrected chi connectivity index (χ4v) is 3.96. The van der Waals surface area contributed by atoms with Crippen LogP contribution in [0.25, 0.3) is 0 Å². The number of piperazine rings is 1. The van der Waals surface area contributed by atoms with Crippen molar-refractivity contribution >= 4 is 40.4 Å². The molecule has 0 radical (unpaired) electrons. The van der Waals surface area contributed by atoms with Crippen LogP contribution in [-0.4, -0.2) is 40.8 Å². The molecule has 2 heterocycles. The van der Waals surface area contributed by atoms with Crippen LogP contribution in [0, 0.1) is 0 Å². The van der Waals surface area contributed by atoms with Crippen molar-refractivity contribution in [1.82, 2.24) is 9.88 Å². The third-order valence-corrected chi connectivity index (χ3v) is 5.34. The number of nitrogens with zero attached hydrogens (tertiary/aromatic N) is 3. The molecule has 0 spiro atoms. The highest BCUT2D eigenvalue weighted by Gasteiger charge is 2.34. The molecule has 1 aliphatic rings. The van der Waals surface area contributed by atoms with Crippen molar-refractivity contribution in [2.24, 2.45) is 0 Å². The van der Waals surface area contributed by atoms with Gasteiger partial charge in [-0.1, -0.05) is 24.6 Å². The Kier molecular flexibility index (Phi) is 5.39. The number of aryl methyl sites for hydroxylation is 1. The Morgan fingerprint density at radius 3 is 2.96 bits per heavy atom. The molecular weight excluding hydrogens is 358 g/mol. The van der Waals surface area contributed by atoms with E-state index >= 15 is 0 Å². The van der Waals surface area contributed by atoms with Gasteiger partial charge in [0.05, 0.1) is 5.01 Å². The smallest absolute Gasteiger partial charge is 0.274 e. The minimum atomic E-state index is -0.176. The second kappa shape index (κ2) is 7.54. The number of hydrogen-bond acceptors (Lipinski definition) is 4. The molecule has 0 aliphatic carbocycles. The number of carbonyl (C=O) groups excluding carboxylic acids is 2. The zero-order chi connectivity index (χ0) is 18.0. The predicted molar refractivity (Wildman–Crippen MR) is 100 cm³/mol. The van der Waals surface area contributed by atoms with E-state index in [1.54, 1.807) is 27.3 Å². The maximum absolute atomic E-state index is 12.7. The Morgan fingerprint density at radius 1 is 1.44 bits per heavy atom. The first-order chi connectivity index (χ1) is 12.0. The van der Waals surface area contributed by atoms with Crippen LogP contribution in [0.5, 0.6) is 0 Å². The summed E-state index contributed by atoms with van der Waals surface area (Å²) in [5.41, 5.74) is 1.19. The summed E-state index contributed by atoms with van der Waals surface area (Å²) >= 11 is 7.52. The van der Waals surface area contributed by atoms with Gasteiger partial charge >= 0.3 is 0 Å². The lowest BCUT2D eigenvalue weighted by atomic mass is 10.1. The summed E-state index contributed by atoms with van der Waals surface area (Å²) in [5, 5.41) is 3.33. The average Bonchev–Trinajstić information content (AvgIpc) is 3.05. The Balaban J connectivity index is 1.75. The molecule has 1 fully saturated rings. The SMILES string of the molecule is CCCc1nc(C(=O)N2CC(=O)N(c3cccc(Cl)c3)C[C@@H]2C)cs1. The number of thiazole rings is 1. The molecule has 1 saturated heterocycles. The summed E-state index contributed by atoms with van der Waals surface area (Å²) < 4.78 is 0. The van der Waals surface area contributed by atoms with Crippen LogP contribution in [0.1, 0.15) is 35.8 Å². The molecule has 2 amide bonds. The van der Waals surface area contributed by atoms with Crippen LogP contribution in [0.3, 0.4) is 0 Å². The minimum absolute atomic E-state index is 0.0488. The van der Waals surface area contributed by atoms with E-state index in [1.807, 2.05) is 19.1 Å². The number of benzene rings is 1. The topological polar surface area (TPSA) is 53.5 Å². The van der Waals surface area contributed by atoms with Gasteiger partial charge in [-0.3, -0.25) is 9.59 Å². The van der Waals surface area contributed by atoms with Gasteiger partial charge in [0.15, 0.2) is 0 Å². The lowest BCUT2D eigenvalue weighted by molar-refractivity contribution is -0.121. The summed E-state index contributed by atoms with van der Waals surface area (Å²) in [6, 6.07) is 7.11. The van der Waals surface area contributed by atoms with Gasteiger partial charge in [-0.15, -0.1) is 11.3 Å². The van der Waals surface area contributed by atoms with Gasteiger partial charge in [-0.2, -0.15) is 0 Å². The van der Waals surface area contributed by atoms with E-state index in [1.165, 1.54) is 11.3 Å². The van der Waals surface area contributed by atoms with Gasteiger partial charge in [0.25, 0.3) is 5.91 Å². The largest absolute Gasteiger partial charge is 0.323 e. The van der Waals surface area contributed by atoms with Crippen molar-refractivity contribution in [2.75, 3.05) is 18.0 Å². The predicted octanol–water partition coefficient (Wildman–Crippen LogP) is 3.63. The van der Waals surface area contributed by atoms with Gasteiger partial charge in [0, 0.05) is 28.7 Å². The van der Waals surface area contributed by atoms with Crippen molar-refractivity contribution in [1.29, 1.82) is 0 Å². The molecular formula is C18H20ClN3O2S. The van der Waals surface area contributed by atoms with Gasteiger partial charge in [-0.25, -0.2) is 4.98 Å². The van der Waals surface area contributed by atoms with Crippen molar-refractivity contribution in [3.8, 4) is 0 Å².